The van der Waals surface area contributed by atoms with Crippen LogP contribution >= 0.6 is 0 Å². The van der Waals surface area contributed by atoms with Gasteiger partial charge in [0.15, 0.2) is 0 Å². The van der Waals surface area contributed by atoms with Gasteiger partial charge >= 0.3 is 0 Å². The van der Waals surface area contributed by atoms with E-state index in [0.717, 1.165) is 50.0 Å². The number of anilines is 1. The van der Waals surface area contributed by atoms with Crippen molar-refractivity contribution in [1.29, 1.82) is 0 Å². The molecule has 1 N–H and O–H groups in total. The number of ether oxygens (including phenoxy) is 1. The third kappa shape index (κ3) is 4.28. The van der Waals surface area contributed by atoms with Crippen LogP contribution in [-0.4, -0.2) is 43.2 Å². The first kappa shape index (κ1) is 17.7. The van der Waals surface area contributed by atoms with Crippen molar-refractivity contribution in [1.82, 2.24) is 5.32 Å². The molecule has 3 rings (SSSR count). The molecule has 2 aliphatic heterocycles. The van der Waals surface area contributed by atoms with E-state index >= 15 is 0 Å². The first-order valence-electron chi connectivity index (χ1n) is 8.92. The maximum atomic E-state index is 12.3. The maximum absolute atomic E-state index is 12.3. The highest BCUT2D eigenvalue weighted by atomic mass is 16.6. The lowest BCUT2D eigenvalue weighted by atomic mass is 9.97. The summed E-state index contributed by atoms with van der Waals surface area (Å²) in [6.45, 7) is 4.95. The number of aryl methyl sites for hydroxylation is 1. The summed E-state index contributed by atoms with van der Waals surface area (Å²) in [7, 11) is 0. The van der Waals surface area contributed by atoms with Crippen LogP contribution < -0.4 is 10.2 Å². The smallest absolute Gasteiger partial charge is 0.269 e. The van der Waals surface area contributed by atoms with E-state index < -0.39 is 0 Å². The van der Waals surface area contributed by atoms with Gasteiger partial charge in [0.05, 0.1) is 4.92 Å². The van der Waals surface area contributed by atoms with Gasteiger partial charge in [-0.25, -0.2) is 0 Å². The molecule has 1 aromatic rings. The number of nitrogens with one attached hydrogen (secondary N) is 1. The first-order chi connectivity index (χ1) is 12.0. The van der Waals surface area contributed by atoms with Crippen molar-refractivity contribution in [2.24, 2.45) is 5.92 Å². The molecule has 0 atom stereocenters. The number of nitro groups is 1. The van der Waals surface area contributed by atoms with Gasteiger partial charge in [-0.1, -0.05) is 0 Å². The van der Waals surface area contributed by atoms with Gasteiger partial charge in [0.25, 0.3) is 5.69 Å². The van der Waals surface area contributed by atoms with Crippen LogP contribution in [0, 0.1) is 23.0 Å². The van der Waals surface area contributed by atoms with Crippen molar-refractivity contribution in [3.8, 4) is 0 Å². The Morgan fingerprint density at radius 2 is 1.92 bits per heavy atom. The molecule has 2 aliphatic rings. The van der Waals surface area contributed by atoms with Crippen LogP contribution in [0.2, 0.25) is 0 Å². The largest absolute Gasteiger partial charge is 0.381 e. The molecule has 1 aromatic carbocycles. The maximum Gasteiger partial charge on any atom is 0.269 e. The number of carbonyl (C=O) groups excluding carboxylic acids is 1. The monoisotopic (exact) mass is 347 g/mol. The van der Waals surface area contributed by atoms with Gasteiger partial charge < -0.3 is 15.0 Å². The number of benzene rings is 1. The van der Waals surface area contributed by atoms with Crippen molar-refractivity contribution in [2.75, 3.05) is 31.2 Å². The Hall–Kier alpha value is -2.15. The Balaban J connectivity index is 1.53. The summed E-state index contributed by atoms with van der Waals surface area (Å²) < 4.78 is 5.31. The number of nitro benzene ring substituents is 1. The van der Waals surface area contributed by atoms with E-state index in [2.05, 4.69) is 10.2 Å². The van der Waals surface area contributed by atoms with Crippen LogP contribution in [0.3, 0.4) is 0 Å². The van der Waals surface area contributed by atoms with E-state index in [-0.39, 0.29) is 28.5 Å². The Bertz CT molecular complexity index is 635. The molecule has 0 bridgehead atoms. The molecule has 0 aromatic heterocycles. The number of piperidine rings is 1. The zero-order valence-corrected chi connectivity index (χ0v) is 14.6. The second kappa shape index (κ2) is 7.82. The van der Waals surface area contributed by atoms with Crippen LogP contribution in [0.1, 0.15) is 31.2 Å². The summed E-state index contributed by atoms with van der Waals surface area (Å²) in [5.74, 6) is 0.247. The minimum Gasteiger partial charge on any atom is -0.381 e. The average molecular weight is 347 g/mol. The van der Waals surface area contributed by atoms with Crippen molar-refractivity contribution in [3.05, 3.63) is 33.9 Å². The van der Waals surface area contributed by atoms with Crippen LogP contribution in [-0.2, 0) is 9.53 Å². The third-order valence-corrected chi connectivity index (χ3v) is 5.17. The summed E-state index contributed by atoms with van der Waals surface area (Å²) in [6.07, 6.45) is 3.41. The van der Waals surface area contributed by atoms with E-state index in [1.165, 1.54) is 0 Å². The minimum absolute atomic E-state index is 0.0868. The quantitative estimate of drug-likeness (QED) is 0.668. The molecule has 7 nitrogen and oxygen atoms in total. The zero-order chi connectivity index (χ0) is 17.8. The third-order valence-electron chi connectivity index (χ3n) is 5.17. The fraction of sp³-hybridized carbons (Fsp3) is 0.611. The molecule has 136 valence electrons. The second-order valence-electron chi connectivity index (χ2n) is 6.88. The number of nitrogens with zero attached hydrogens (tertiary/aromatic N) is 2. The van der Waals surface area contributed by atoms with Crippen molar-refractivity contribution in [2.45, 2.75) is 38.6 Å². The van der Waals surface area contributed by atoms with Crippen LogP contribution in [0.25, 0.3) is 0 Å². The highest BCUT2D eigenvalue weighted by Crippen LogP contribution is 2.27. The minimum atomic E-state index is -0.366. The standard InChI is InChI=1S/C18H25N3O4/c1-13-12-16(21(23)24)2-3-17(13)20-8-4-15(5-9-20)19-18(22)14-6-10-25-11-7-14/h2-3,12,14-15H,4-11H2,1H3,(H,19,22). The number of carbonyl (C=O) groups is 1. The molecule has 1 amide bonds. The number of hydrogen-bond donors (Lipinski definition) is 1. The van der Waals surface area contributed by atoms with Crippen LogP contribution in [0.15, 0.2) is 18.2 Å². The summed E-state index contributed by atoms with van der Waals surface area (Å²) in [5.41, 5.74) is 2.08. The molecule has 2 saturated heterocycles. The normalized spacial score (nSPS) is 19.6. The van der Waals surface area contributed by atoms with Gasteiger partial charge in [-0.3, -0.25) is 14.9 Å². The predicted molar refractivity (Wildman–Crippen MR) is 94.8 cm³/mol. The van der Waals surface area contributed by atoms with E-state index in [1.807, 2.05) is 13.0 Å². The molecule has 0 aliphatic carbocycles. The van der Waals surface area contributed by atoms with Gasteiger partial charge in [0.2, 0.25) is 5.91 Å². The summed E-state index contributed by atoms with van der Waals surface area (Å²) in [5, 5.41) is 14.0. The second-order valence-corrected chi connectivity index (χ2v) is 6.88. The van der Waals surface area contributed by atoms with E-state index in [9.17, 15) is 14.9 Å². The number of hydrogen-bond acceptors (Lipinski definition) is 5. The first-order valence-corrected chi connectivity index (χ1v) is 8.92. The molecule has 0 saturated carbocycles. The summed E-state index contributed by atoms with van der Waals surface area (Å²) in [4.78, 5) is 25.1. The molecule has 2 heterocycles. The molecule has 0 radical (unpaired) electrons. The topological polar surface area (TPSA) is 84.7 Å². The summed E-state index contributed by atoms with van der Waals surface area (Å²) >= 11 is 0. The zero-order valence-electron chi connectivity index (χ0n) is 14.6. The van der Waals surface area contributed by atoms with E-state index in [4.69, 9.17) is 4.74 Å². The lowest BCUT2D eigenvalue weighted by Crippen LogP contribution is -2.47. The SMILES string of the molecule is Cc1cc([N+](=O)[O-])ccc1N1CCC(NC(=O)C2CCOCC2)CC1. The Kier molecular flexibility index (Phi) is 5.53. The van der Waals surface area contributed by atoms with E-state index in [1.54, 1.807) is 12.1 Å². The molecular weight excluding hydrogens is 322 g/mol. The van der Waals surface area contributed by atoms with Gasteiger partial charge in [-0.05, 0) is 44.2 Å². The van der Waals surface area contributed by atoms with Crippen molar-refractivity contribution in [3.63, 3.8) is 0 Å². The molecule has 7 heteroatoms. The molecule has 25 heavy (non-hydrogen) atoms. The Morgan fingerprint density at radius 1 is 1.24 bits per heavy atom. The van der Waals surface area contributed by atoms with Crippen molar-refractivity contribution >= 4 is 17.3 Å². The Labute approximate surface area is 147 Å². The lowest BCUT2D eigenvalue weighted by molar-refractivity contribution is -0.384. The fourth-order valence-corrected chi connectivity index (χ4v) is 3.65. The van der Waals surface area contributed by atoms with Crippen molar-refractivity contribution < 1.29 is 14.5 Å². The number of non-ortho nitro benzene ring substituents is 1. The van der Waals surface area contributed by atoms with Crippen LogP contribution in [0.4, 0.5) is 11.4 Å². The summed E-state index contributed by atoms with van der Waals surface area (Å²) in [6, 6.07) is 5.22. The fourth-order valence-electron chi connectivity index (χ4n) is 3.65. The van der Waals surface area contributed by atoms with Gasteiger partial charge in [0, 0.05) is 56.1 Å². The van der Waals surface area contributed by atoms with Gasteiger partial charge in [-0.2, -0.15) is 0 Å². The molecule has 2 fully saturated rings. The van der Waals surface area contributed by atoms with Gasteiger partial charge in [-0.15, -0.1) is 0 Å². The molecule has 0 unspecified atom stereocenters. The van der Waals surface area contributed by atoms with E-state index in [0.29, 0.717) is 13.2 Å². The van der Waals surface area contributed by atoms with Crippen LogP contribution in [0.5, 0.6) is 0 Å². The predicted octanol–water partition coefficient (Wildman–Crippen LogP) is 2.41. The molecular formula is C18H25N3O4. The molecule has 0 spiro atoms. The highest BCUT2D eigenvalue weighted by Gasteiger charge is 2.26. The number of amides is 1. The average Bonchev–Trinajstić information content (AvgIpc) is 2.63. The highest BCUT2D eigenvalue weighted by molar-refractivity contribution is 5.79. The lowest BCUT2D eigenvalue weighted by Gasteiger charge is -2.35. The Morgan fingerprint density at radius 3 is 2.52 bits per heavy atom. The van der Waals surface area contributed by atoms with Gasteiger partial charge in [0.1, 0.15) is 0 Å². The number of rotatable bonds is 4.